The largest absolute Gasteiger partial charge is 0.493 e. The highest BCUT2D eigenvalue weighted by molar-refractivity contribution is 7.07. The summed E-state index contributed by atoms with van der Waals surface area (Å²) in [4.78, 5) is 0. The number of ether oxygens (including phenoxy) is 2. The molecule has 3 nitrogen and oxygen atoms in total. The molecule has 0 amide bonds. The van der Waals surface area contributed by atoms with Crippen LogP contribution in [0.2, 0.25) is 0 Å². The third kappa shape index (κ3) is 3.68. The molecule has 0 saturated carbocycles. The third-order valence-corrected chi connectivity index (χ3v) is 3.53. The number of rotatable bonds is 6. The van der Waals surface area contributed by atoms with Crippen molar-refractivity contribution in [2.24, 2.45) is 0 Å². The minimum absolute atomic E-state index is 0.0793. The van der Waals surface area contributed by atoms with Crippen LogP contribution in [0.1, 0.15) is 17.2 Å². The lowest BCUT2D eigenvalue weighted by atomic mass is 10.0. The highest BCUT2D eigenvalue weighted by atomic mass is 32.1. The van der Waals surface area contributed by atoms with Crippen LogP contribution < -0.4 is 9.47 Å². The Morgan fingerprint density at radius 2 is 2.05 bits per heavy atom. The van der Waals surface area contributed by atoms with E-state index in [1.165, 1.54) is 30.6 Å². The van der Waals surface area contributed by atoms with Gasteiger partial charge in [-0.05, 0) is 40.1 Å². The zero-order valence-corrected chi connectivity index (χ0v) is 11.6. The number of hydrogen-bond donors (Lipinski definition) is 1. The highest BCUT2D eigenvalue weighted by Crippen LogP contribution is 2.32. The van der Waals surface area contributed by atoms with E-state index in [1.807, 2.05) is 16.8 Å². The summed E-state index contributed by atoms with van der Waals surface area (Å²) in [5, 5.41) is 14.0. The van der Waals surface area contributed by atoms with Gasteiger partial charge in [-0.15, -0.1) is 0 Å². The smallest absolute Gasteiger partial charge is 0.387 e. The van der Waals surface area contributed by atoms with Crippen LogP contribution in [0, 0.1) is 0 Å². The zero-order chi connectivity index (χ0) is 14.5. The maximum absolute atomic E-state index is 12.3. The van der Waals surface area contributed by atoms with Crippen molar-refractivity contribution in [1.29, 1.82) is 0 Å². The molecule has 1 aromatic carbocycles. The highest BCUT2D eigenvalue weighted by Gasteiger charge is 2.15. The second-order valence-electron chi connectivity index (χ2n) is 4.14. The van der Waals surface area contributed by atoms with Crippen LogP contribution in [0.4, 0.5) is 8.78 Å². The van der Waals surface area contributed by atoms with E-state index in [4.69, 9.17) is 4.74 Å². The maximum atomic E-state index is 12.3. The van der Waals surface area contributed by atoms with E-state index in [-0.39, 0.29) is 11.5 Å². The van der Waals surface area contributed by atoms with Gasteiger partial charge in [0.25, 0.3) is 0 Å². The van der Waals surface area contributed by atoms with Gasteiger partial charge in [0.05, 0.1) is 13.2 Å². The molecule has 2 rings (SSSR count). The summed E-state index contributed by atoms with van der Waals surface area (Å²) >= 11 is 1.54. The van der Waals surface area contributed by atoms with Gasteiger partial charge in [-0.2, -0.15) is 20.1 Å². The van der Waals surface area contributed by atoms with E-state index in [2.05, 4.69) is 4.74 Å². The number of benzene rings is 1. The molecule has 2 aromatic rings. The number of methoxy groups -OCH3 is 1. The predicted octanol–water partition coefficient (Wildman–Crippen LogP) is 3.63. The quantitative estimate of drug-likeness (QED) is 0.885. The summed E-state index contributed by atoms with van der Waals surface area (Å²) in [5.41, 5.74) is 1.50. The molecular formula is C14H14F2O3S. The molecule has 0 bridgehead atoms. The first-order valence-electron chi connectivity index (χ1n) is 5.92. The van der Waals surface area contributed by atoms with Gasteiger partial charge in [-0.25, -0.2) is 0 Å². The van der Waals surface area contributed by atoms with Crippen molar-refractivity contribution in [2.45, 2.75) is 19.1 Å². The average Bonchev–Trinajstić information content (AvgIpc) is 2.90. The average molecular weight is 300 g/mol. The maximum Gasteiger partial charge on any atom is 0.387 e. The van der Waals surface area contributed by atoms with E-state index in [0.717, 1.165) is 5.56 Å². The molecule has 20 heavy (non-hydrogen) atoms. The first-order valence-corrected chi connectivity index (χ1v) is 6.86. The Kier molecular flexibility index (Phi) is 4.92. The van der Waals surface area contributed by atoms with Crippen LogP contribution >= 0.6 is 11.3 Å². The molecule has 0 aliphatic heterocycles. The van der Waals surface area contributed by atoms with Crippen molar-refractivity contribution < 1.29 is 23.4 Å². The zero-order valence-electron chi connectivity index (χ0n) is 10.8. The number of hydrogen-bond acceptors (Lipinski definition) is 4. The lowest BCUT2D eigenvalue weighted by molar-refractivity contribution is -0.0513. The number of alkyl halides is 2. The number of aliphatic hydroxyl groups excluding tert-OH is 1. The molecule has 0 spiro atoms. The SMILES string of the molecule is COc1ccc(C(O)Cc2ccsc2)cc1OC(F)F. The number of halogens is 2. The first kappa shape index (κ1) is 14.7. The lowest BCUT2D eigenvalue weighted by Gasteiger charge is -2.14. The Bertz CT molecular complexity index is 543. The predicted molar refractivity (Wildman–Crippen MR) is 72.6 cm³/mol. The van der Waals surface area contributed by atoms with E-state index in [9.17, 15) is 13.9 Å². The number of aliphatic hydroxyl groups is 1. The van der Waals surface area contributed by atoms with Gasteiger partial charge >= 0.3 is 6.61 Å². The Balaban J connectivity index is 2.18. The van der Waals surface area contributed by atoms with Gasteiger partial charge in [0, 0.05) is 6.42 Å². The van der Waals surface area contributed by atoms with Gasteiger partial charge in [0.1, 0.15) is 0 Å². The molecule has 0 fully saturated rings. The van der Waals surface area contributed by atoms with Crippen LogP contribution in [0.15, 0.2) is 35.0 Å². The minimum Gasteiger partial charge on any atom is -0.493 e. The molecule has 1 atom stereocenters. The number of thiophene rings is 1. The molecule has 6 heteroatoms. The minimum atomic E-state index is -2.94. The van der Waals surface area contributed by atoms with Gasteiger partial charge in [-0.3, -0.25) is 0 Å². The third-order valence-electron chi connectivity index (χ3n) is 2.80. The molecule has 1 N–H and O–H groups in total. The lowest BCUT2D eigenvalue weighted by Crippen LogP contribution is -2.06. The molecule has 0 saturated heterocycles. The van der Waals surface area contributed by atoms with Crippen LogP contribution in [-0.4, -0.2) is 18.8 Å². The Labute approximate surface area is 119 Å². The molecule has 1 heterocycles. The fraction of sp³-hybridized carbons (Fsp3) is 0.286. The first-order chi connectivity index (χ1) is 9.60. The van der Waals surface area contributed by atoms with Crippen LogP contribution in [0.5, 0.6) is 11.5 Å². The van der Waals surface area contributed by atoms with Gasteiger partial charge in [0.2, 0.25) is 0 Å². The molecular weight excluding hydrogens is 286 g/mol. The van der Waals surface area contributed by atoms with Crippen LogP contribution in [0.3, 0.4) is 0 Å². The fourth-order valence-corrected chi connectivity index (χ4v) is 2.52. The molecule has 0 aliphatic carbocycles. The second kappa shape index (κ2) is 6.67. The van der Waals surface area contributed by atoms with Gasteiger partial charge in [-0.1, -0.05) is 6.07 Å². The van der Waals surface area contributed by atoms with E-state index in [1.54, 1.807) is 6.07 Å². The van der Waals surface area contributed by atoms with E-state index >= 15 is 0 Å². The fourth-order valence-electron chi connectivity index (χ4n) is 1.84. The Morgan fingerprint density at radius 3 is 2.65 bits per heavy atom. The summed E-state index contributed by atoms with van der Waals surface area (Å²) in [6.07, 6.45) is -0.361. The van der Waals surface area contributed by atoms with E-state index < -0.39 is 12.7 Å². The second-order valence-corrected chi connectivity index (χ2v) is 4.92. The van der Waals surface area contributed by atoms with Crippen molar-refractivity contribution in [3.63, 3.8) is 0 Å². The summed E-state index contributed by atoms with van der Waals surface area (Å²) in [5.74, 6) is 0.126. The van der Waals surface area contributed by atoms with Crippen molar-refractivity contribution >= 4 is 11.3 Å². The summed E-state index contributed by atoms with van der Waals surface area (Å²) in [6, 6.07) is 6.42. The monoisotopic (exact) mass is 300 g/mol. The van der Waals surface area contributed by atoms with Crippen molar-refractivity contribution in [1.82, 2.24) is 0 Å². The van der Waals surface area contributed by atoms with Crippen molar-refractivity contribution in [2.75, 3.05) is 7.11 Å². The normalized spacial score (nSPS) is 12.4. The topological polar surface area (TPSA) is 38.7 Å². The Morgan fingerprint density at radius 1 is 1.25 bits per heavy atom. The van der Waals surface area contributed by atoms with Crippen molar-refractivity contribution in [3.05, 3.63) is 46.2 Å². The summed E-state index contributed by atoms with van der Waals surface area (Å²) in [7, 11) is 1.37. The van der Waals surface area contributed by atoms with E-state index in [0.29, 0.717) is 12.0 Å². The molecule has 1 unspecified atom stereocenters. The molecule has 0 aliphatic rings. The van der Waals surface area contributed by atoms with Gasteiger partial charge in [0.15, 0.2) is 11.5 Å². The van der Waals surface area contributed by atoms with Crippen LogP contribution in [-0.2, 0) is 6.42 Å². The molecule has 108 valence electrons. The van der Waals surface area contributed by atoms with Crippen LogP contribution in [0.25, 0.3) is 0 Å². The summed E-state index contributed by atoms with van der Waals surface area (Å²) < 4.78 is 34.0. The molecule has 1 aromatic heterocycles. The van der Waals surface area contributed by atoms with Crippen molar-refractivity contribution in [3.8, 4) is 11.5 Å². The Hall–Kier alpha value is -1.66. The standard InChI is InChI=1S/C14H14F2O3S/c1-18-12-3-2-10(7-13(12)19-14(15)16)11(17)6-9-4-5-20-8-9/h2-5,7-8,11,14,17H,6H2,1H3. The summed E-state index contributed by atoms with van der Waals surface area (Å²) in [6.45, 7) is -2.94. The van der Waals surface area contributed by atoms with Gasteiger partial charge < -0.3 is 14.6 Å². The molecule has 0 radical (unpaired) electrons.